The van der Waals surface area contributed by atoms with Gasteiger partial charge in [0.25, 0.3) is 0 Å². The Morgan fingerprint density at radius 1 is 1.05 bits per heavy atom. The summed E-state index contributed by atoms with van der Waals surface area (Å²) in [7, 11) is -1.26. The van der Waals surface area contributed by atoms with Crippen molar-refractivity contribution in [1.29, 1.82) is 0 Å². The van der Waals surface area contributed by atoms with Crippen LogP contribution in [-0.2, 0) is 19.5 Å². The van der Waals surface area contributed by atoms with Gasteiger partial charge < -0.3 is 18.9 Å². The van der Waals surface area contributed by atoms with Crippen molar-refractivity contribution in [2.45, 2.75) is 64.1 Å². The third-order valence-corrected chi connectivity index (χ3v) is 7.62. The molecule has 0 amide bonds. The SMILES string of the molecule is COc1ncnc(OC)c1-n1c(NS(=O)(=O)[C@@H](C)[C@@H](OC(C)C)c2cnc(C)cn2)nnc1[C@H]1CCCO1. The molecular weight excluding hydrogens is 516 g/mol. The number of nitrogens with one attached hydrogen (secondary N) is 1. The molecule has 14 nitrogen and oxygen atoms in total. The highest BCUT2D eigenvalue weighted by Gasteiger charge is 2.37. The predicted molar refractivity (Wildman–Crippen MR) is 136 cm³/mol. The van der Waals surface area contributed by atoms with Crippen LogP contribution in [-0.4, -0.2) is 75.3 Å². The summed E-state index contributed by atoms with van der Waals surface area (Å²) in [6.07, 6.45) is 4.26. The zero-order valence-corrected chi connectivity index (χ0v) is 23.0. The lowest BCUT2D eigenvalue weighted by atomic mass is 10.2. The third-order valence-electron chi connectivity index (χ3n) is 5.93. The van der Waals surface area contributed by atoms with Crippen molar-refractivity contribution in [1.82, 2.24) is 34.7 Å². The first-order valence-corrected chi connectivity index (χ1v) is 13.7. The molecule has 0 aliphatic carbocycles. The molecule has 3 aromatic heterocycles. The molecular formula is C23H32N8O6S. The van der Waals surface area contributed by atoms with E-state index < -0.39 is 27.5 Å². The Balaban J connectivity index is 1.78. The highest BCUT2D eigenvalue weighted by Crippen LogP contribution is 2.37. The first-order valence-electron chi connectivity index (χ1n) is 12.1. The van der Waals surface area contributed by atoms with Crippen molar-refractivity contribution >= 4 is 16.0 Å². The molecule has 1 aliphatic heterocycles. The lowest BCUT2D eigenvalue weighted by molar-refractivity contribution is 0.00394. The average Bonchev–Trinajstić information content (AvgIpc) is 3.56. The van der Waals surface area contributed by atoms with E-state index in [9.17, 15) is 8.42 Å². The Bertz CT molecular complexity index is 1320. The molecule has 4 heterocycles. The zero-order chi connectivity index (χ0) is 27.4. The van der Waals surface area contributed by atoms with E-state index in [0.29, 0.717) is 30.2 Å². The maximum Gasteiger partial charge on any atom is 0.245 e. The fourth-order valence-corrected chi connectivity index (χ4v) is 5.16. The van der Waals surface area contributed by atoms with Crippen molar-refractivity contribution in [2.24, 2.45) is 0 Å². The number of ether oxygens (including phenoxy) is 4. The molecule has 206 valence electrons. The summed E-state index contributed by atoms with van der Waals surface area (Å²) >= 11 is 0. The topological polar surface area (TPSA) is 165 Å². The van der Waals surface area contributed by atoms with Crippen LogP contribution in [0.25, 0.3) is 5.69 Å². The number of aromatic nitrogens is 7. The smallest absolute Gasteiger partial charge is 0.245 e. The summed E-state index contributed by atoms with van der Waals surface area (Å²) < 4.78 is 54.2. The van der Waals surface area contributed by atoms with Crippen LogP contribution in [0.5, 0.6) is 11.8 Å². The molecule has 0 radical (unpaired) electrons. The van der Waals surface area contributed by atoms with Crippen LogP contribution in [0.1, 0.15) is 63.0 Å². The minimum absolute atomic E-state index is 0.105. The molecule has 1 N–H and O–H groups in total. The first-order chi connectivity index (χ1) is 18.2. The molecule has 15 heteroatoms. The van der Waals surface area contributed by atoms with E-state index in [1.807, 2.05) is 13.8 Å². The fourth-order valence-electron chi connectivity index (χ4n) is 4.06. The van der Waals surface area contributed by atoms with Gasteiger partial charge in [0.2, 0.25) is 27.7 Å². The maximum atomic E-state index is 13.7. The van der Waals surface area contributed by atoms with Crippen molar-refractivity contribution in [2.75, 3.05) is 25.5 Å². The molecule has 0 unspecified atom stereocenters. The lowest BCUT2D eigenvalue weighted by Crippen LogP contribution is -2.34. The van der Waals surface area contributed by atoms with Crippen LogP contribution in [0.3, 0.4) is 0 Å². The van der Waals surface area contributed by atoms with Crippen LogP contribution < -0.4 is 14.2 Å². The normalized spacial score (nSPS) is 17.4. The van der Waals surface area contributed by atoms with Gasteiger partial charge in [-0.2, -0.15) is 9.97 Å². The molecule has 1 saturated heterocycles. The number of hydrogen-bond acceptors (Lipinski definition) is 12. The first kappa shape index (κ1) is 27.6. The van der Waals surface area contributed by atoms with E-state index in [-0.39, 0.29) is 29.5 Å². The predicted octanol–water partition coefficient (Wildman–Crippen LogP) is 2.32. The Morgan fingerprint density at radius 2 is 1.76 bits per heavy atom. The molecule has 3 aromatic rings. The molecule has 0 bridgehead atoms. The Labute approximate surface area is 221 Å². The van der Waals surface area contributed by atoms with Gasteiger partial charge in [0.1, 0.15) is 23.8 Å². The summed E-state index contributed by atoms with van der Waals surface area (Å²) in [5.74, 6) is 0.534. The number of sulfonamides is 1. The van der Waals surface area contributed by atoms with Crippen molar-refractivity contribution < 1.29 is 27.4 Å². The van der Waals surface area contributed by atoms with Gasteiger partial charge in [-0.15, -0.1) is 10.2 Å². The third kappa shape index (κ3) is 5.68. The minimum atomic E-state index is -4.13. The monoisotopic (exact) mass is 548 g/mol. The number of anilines is 1. The summed E-state index contributed by atoms with van der Waals surface area (Å²) in [6.45, 7) is 7.51. The standard InChI is InChI=1S/C23H32N8O6S/c1-13(2)37-19(16-11-24-14(3)10-25-16)15(4)38(32,33)30-23-29-28-20(17-8-7-9-36-17)31(23)18-21(34-5)26-12-27-22(18)35-6/h10-13,15,17,19H,7-9H2,1-6H3,(H,29,30)/t15-,17+,19+/m0/s1. The van der Waals surface area contributed by atoms with Crippen LogP contribution in [0.2, 0.25) is 0 Å². The Kier molecular flexibility index (Phi) is 8.38. The maximum absolute atomic E-state index is 13.7. The average molecular weight is 549 g/mol. The summed E-state index contributed by atoms with van der Waals surface area (Å²) in [5.41, 5.74) is 1.33. The number of hydrogen-bond donors (Lipinski definition) is 1. The second-order valence-corrected chi connectivity index (χ2v) is 11.0. The van der Waals surface area contributed by atoms with Gasteiger partial charge in [-0.25, -0.2) is 8.42 Å². The van der Waals surface area contributed by atoms with Crippen LogP contribution in [0.15, 0.2) is 18.7 Å². The molecule has 3 atom stereocenters. The largest absolute Gasteiger partial charge is 0.479 e. The molecule has 0 aromatic carbocycles. The van der Waals surface area contributed by atoms with Crippen LogP contribution in [0.4, 0.5) is 5.95 Å². The van der Waals surface area contributed by atoms with E-state index in [1.165, 1.54) is 38.2 Å². The van der Waals surface area contributed by atoms with Crippen molar-refractivity contribution in [3.05, 3.63) is 35.9 Å². The molecule has 0 spiro atoms. The Hall–Kier alpha value is -3.43. The van der Waals surface area contributed by atoms with E-state index in [0.717, 1.165) is 6.42 Å². The van der Waals surface area contributed by atoms with Gasteiger partial charge in [-0.05, 0) is 40.5 Å². The molecule has 38 heavy (non-hydrogen) atoms. The highest BCUT2D eigenvalue weighted by molar-refractivity contribution is 7.93. The Morgan fingerprint density at radius 3 is 2.32 bits per heavy atom. The minimum Gasteiger partial charge on any atom is -0.479 e. The zero-order valence-electron chi connectivity index (χ0n) is 22.2. The summed E-state index contributed by atoms with van der Waals surface area (Å²) in [5, 5.41) is 7.35. The van der Waals surface area contributed by atoms with E-state index >= 15 is 0 Å². The molecule has 1 fully saturated rings. The van der Waals surface area contributed by atoms with Crippen molar-refractivity contribution in [3.63, 3.8) is 0 Å². The van der Waals surface area contributed by atoms with E-state index in [2.05, 4.69) is 34.9 Å². The highest BCUT2D eigenvalue weighted by atomic mass is 32.2. The van der Waals surface area contributed by atoms with Gasteiger partial charge in [0.15, 0.2) is 11.5 Å². The molecule has 4 rings (SSSR count). The molecule has 1 aliphatic rings. The number of aryl methyl sites for hydroxylation is 1. The van der Waals surface area contributed by atoms with E-state index in [1.54, 1.807) is 13.1 Å². The van der Waals surface area contributed by atoms with Gasteiger partial charge in [-0.1, -0.05) is 0 Å². The summed E-state index contributed by atoms with van der Waals surface area (Å²) in [6, 6.07) is 0. The quantitative estimate of drug-likeness (QED) is 0.372. The van der Waals surface area contributed by atoms with Gasteiger partial charge in [-0.3, -0.25) is 19.3 Å². The van der Waals surface area contributed by atoms with Crippen LogP contribution >= 0.6 is 0 Å². The number of rotatable bonds is 11. The van der Waals surface area contributed by atoms with Gasteiger partial charge in [0, 0.05) is 12.8 Å². The molecule has 0 saturated carbocycles. The van der Waals surface area contributed by atoms with E-state index in [4.69, 9.17) is 18.9 Å². The van der Waals surface area contributed by atoms with Crippen molar-refractivity contribution in [3.8, 4) is 17.4 Å². The second-order valence-electron chi connectivity index (χ2n) is 9.00. The van der Waals surface area contributed by atoms with Gasteiger partial charge >= 0.3 is 0 Å². The van der Waals surface area contributed by atoms with Crippen LogP contribution in [0, 0.1) is 6.92 Å². The number of nitrogens with zero attached hydrogens (tertiary/aromatic N) is 7. The lowest BCUT2D eigenvalue weighted by Gasteiger charge is -2.26. The number of methoxy groups -OCH3 is 2. The second kappa shape index (κ2) is 11.5. The summed E-state index contributed by atoms with van der Waals surface area (Å²) in [4.78, 5) is 17.0. The fraction of sp³-hybridized carbons (Fsp3) is 0.565. The van der Waals surface area contributed by atoms with Gasteiger partial charge in [0.05, 0.1) is 37.9 Å².